The van der Waals surface area contributed by atoms with Crippen molar-refractivity contribution in [1.82, 2.24) is 0 Å². The van der Waals surface area contributed by atoms with Crippen molar-refractivity contribution in [2.24, 2.45) is 11.8 Å². The van der Waals surface area contributed by atoms with Crippen molar-refractivity contribution in [2.45, 2.75) is 61.1 Å². The van der Waals surface area contributed by atoms with Gasteiger partial charge in [0.2, 0.25) is 0 Å². The Morgan fingerprint density at radius 3 is 1.89 bits per heavy atom. The van der Waals surface area contributed by atoms with E-state index < -0.39 is 36.1 Å². The second kappa shape index (κ2) is 9.88. The summed E-state index contributed by atoms with van der Waals surface area (Å²) in [5, 5.41) is 0. The van der Waals surface area contributed by atoms with Crippen LogP contribution in [0.2, 0.25) is 4.44 Å². The van der Waals surface area contributed by atoms with Crippen LogP contribution in [0.4, 0.5) is 0 Å². The number of ether oxygens (including phenoxy) is 2. The minimum absolute atomic E-state index is 0.180. The zero-order chi connectivity index (χ0) is 24.6. The van der Waals surface area contributed by atoms with Crippen LogP contribution >= 0.6 is 0 Å². The summed E-state index contributed by atoms with van der Waals surface area (Å²) in [5.74, 6) is -0.320. The molecule has 0 radical (unpaired) electrons. The summed E-state index contributed by atoms with van der Waals surface area (Å²) >= 11 is -3.54. The van der Waals surface area contributed by atoms with Crippen LogP contribution in [0, 0.1) is 11.8 Å². The molecule has 5 heteroatoms. The summed E-state index contributed by atoms with van der Waals surface area (Å²) in [6.07, 6.45) is 5.02. The van der Waals surface area contributed by atoms with Gasteiger partial charge in [0.25, 0.3) is 0 Å². The summed E-state index contributed by atoms with van der Waals surface area (Å²) in [6, 6.07) is 33.7. The van der Waals surface area contributed by atoms with Crippen molar-refractivity contribution < 1.29 is 19.2 Å². The first kappa shape index (κ1) is 24.6. The van der Waals surface area contributed by atoms with E-state index in [2.05, 4.69) is 97.9 Å². The Morgan fingerprint density at radius 1 is 0.806 bits per heavy atom. The molecule has 0 N–H and O–H groups in total. The van der Waals surface area contributed by atoms with Gasteiger partial charge in [-0.25, -0.2) is 0 Å². The van der Waals surface area contributed by atoms with Crippen LogP contribution in [0.25, 0.3) is 0 Å². The van der Waals surface area contributed by atoms with E-state index in [1.807, 2.05) is 0 Å². The van der Waals surface area contributed by atoms with E-state index in [4.69, 9.17) is 19.2 Å². The quantitative estimate of drug-likeness (QED) is 0.306. The molecular formula is C31H36O4Sn. The first-order chi connectivity index (χ1) is 17.6. The Kier molecular flexibility index (Phi) is 6.76. The molecule has 188 valence electrons. The third-order valence-electron chi connectivity index (χ3n) is 9.04. The third-order valence-corrected chi connectivity index (χ3v) is 23.5. The predicted molar refractivity (Wildman–Crippen MR) is 144 cm³/mol. The molecule has 36 heavy (non-hydrogen) atoms. The summed E-state index contributed by atoms with van der Waals surface area (Å²) in [6.45, 7) is 2.07. The van der Waals surface area contributed by atoms with Crippen LogP contribution in [0.5, 0.6) is 0 Å². The fourth-order valence-electron chi connectivity index (χ4n) is 7.14. The Morgan fingerprint density at radius 2 is 1.36 bits per heavy atom. The SMILES string of the molecule is COC1O[C@]2(C)OO[C@]13CCCC[C@@H]3CC2[CH2][Sn]([c]1ccccc1)([c]1ccccc1)[c]1ccccc1. The minimum atomic E-state index is -3.54. The zero-order valence-corrected chi connectivity index (χ0v) is 24.1. The number of hydrogen-bond acceptors (Lipinski definition) is 4. The van der Waals surface area contributed by atoms with Gasteiger partial charge in [-0.1, -0.05) is 0 Å². The topological polar surface area (TPSA) is 36.9 Å². The second-order valence-electron chi connectivity index (χ2n) is 10.9. The predicted octanol–water partition coefficient (Wildman–Crippen LogP) is 4.77. The molecule has 0 amide bonds. The number of fused-ring (bicyclic) bond motifs is 3. The summed E-state index contributed by atoms with van der Waals surface area (Å²) < 4.78 is 18.2. The first-order valence-electron chi connectivity index (χ1n) is 13.3. The molecule has 3 aromatic carbocycles. The van der Waals surface area contributed by atoms with Gasteiger partial charge < -0.3 is 0 Å². The van der Waals surface area contributed by atoms with Gasteiger partial charge in [-0.2, -0.15) is 0 Å². The van der Waals surface area contributed by atoms with Gasteiger partial charge in [0.15, 0.2) is 0 Å². The van der Waals surface area contributed by atoms with E-state index in [1.54, 1.807) is 7.11 Å². The molecule has 4 fully saturated rings. The van der Waals surface area contributed by atoms with Gasteiger partial charge >= 0.3 is 219 Å². The molecule has 3 aromatic rings. The molecule has 4 nitrogen and oxygen atoms in total. The molecule has 1 spiro atoms. The Balaban J connectivity index is 1.52. The molecular weight excluding hydrogens is 555 g/mol. The van der Waals surface area contributed by atoms with Crippen molar-refractivity contribution in [3.63, 3.8) is 0 Å². The van der Waals surface area contributed by atoms with E-state index in [-0.39, 0.29) is 5.92 Å². The van der Waals surface area contributed by atoms with Crippen molar-refractivity contribution in [3.8, 4) is 0 Å². The molecule has 1 saturated carbocycles. The van der Waals surface area contributed by atoms with Crippen LogP contribution in [0.3, 0.4) is 0 Å². The van der Waals surface area contributed by atoms with Crippen molar-refractivity contribution in [3.05, 3.63) is 91.0 Å². The van der Waals surface area contributed by atoms with Crippen molar-refractivity contribution in [2.75, 3.05) is 7.11 Å². The van der Waals surface area contributed by atoms with E-state index >= 15 is 0 Å². The van der Waals surface area contributed by atoms with Crippen LogP contribution in [-0.2, 0) is 19.2 Å². The second-order valence-corrected chi connectivity index (χ2v) is 22.2. The van der Waals surface area contributed by atoms with E-state index in [9.17, 15) is 0 Å². The monoisotopic (exact) mass is 592 g/mol. The Hall–Kier alpha value is -1.70. The average molecular weight is 591 g/mol. The average Bonchev–Trinajstić information content (AvgIpc) is 3.13. The Labute approximate surface area is 218 Å². The summed E-state index contributed by atoms with van der Waals surface area (Å²) in [5.41, 5.74) is -0.508. The molecule has 3 heterocycles. The van der Waals surface area contributed by atoms with E-state index in [1.165, 1.54) is 17.2 Å². The van der Waals surface area contributed by atoms with Crippen LogP contribution in [0.15, 0.2) is 91.0 Å². The fraction of sp³-hybridized carbons (Fsp3) is 0.419. The Bertz CT molecular complexity index is 1060. The van der Waals surface area contributed by atoms with E-state index in [0.29, 0.717) is 5.92 Å². The van der Waals surface area contributed by atoms with Gasteiger partial charge in [-0.15, -0.1) is 0 Å². The maximum absolute atomic E-state index is 6.74. The van der Waals surface area contributed by atoms with Gasteiger partial charge in [0.1, 0.15) is 0 Å². The maximum atomic E-state index is 6.74. The molecule has 0 aromatic heterocycles. The van der Waals surface area contributed by atoms with Crippen LogP contribution in [0.1, 0.15) is 39.0 Å². The van der Waals surface area contributed by atoms with Gasteiger partial charge in [-0.05, 0) is 0 Å². The van der Waals surface area contributed by atoms with E-state index in [0.717, 1.165) is 30.1 Å². The molecule has 3 aliphatic heterocycles. The normalized spacial score (nSPS) is 32.0. The summed E-state index contributed by atoms with van der Waals surface area (Å²) in [7, 11) is 1.74. The van der Waals surface area contributed by atoms with Crippen LogP contribution in [-0.4, -0.2) is 43.2 Å². The molecule has 5 atom stereocenters. The van der Waals surface area contributed by atoms with Crippen molar-refractivity contribution >= 4 is 29.1 Å². The number of benzene rings is 3. The first-order valence-corrected chi connectivity index (χ1v) is 19.6. The van der Waals surface area contributed by atoms with Crippen LogP contribution < -0.4 is 10.7 Å². The molecule has 2 unspecified atom stereocenters. The molecule has 7 rings (SSSR count). The molecule has 4 aliphatic rings. The van der Waals surface area contributed by atoms with Crippen molar-refractivity contribution in [1.29, 1.82) is 0 Å². The molecule has 1 aliphatic carbocycles. The fourth-order valence-corrected chi connectivity index (χ4v) is 22.2. The van der Waals surface area contributed by atoms with Gasteiger partial charge in [0.05, 0.1) is 0 Å². The van der Waals surface area contributed by atoms with Gasteiger partial charge in [0, 0.05) is 0 Å². The molecule has 3 saturated heterocycles. The molecule has 2 bridgehead atoms. The third kappa shape index (κ3) is 3.97. The zero-order valence-electron chi connectivity index (χ0n) is 21.3. The number of hydrogen-bond donors (Lipinski definition) is 0. The number of rotatable bonds is 6. The standard InChI is InChI=1S/C13H21O4.3C6H5.Sn/c1-9-8-10-6-4-5-7-13(10)11(14-3)15-12(9,2)16-17-13;3*1-2-4-6-5-3-1;/h9-11H,1,4-8H2,2-3H3;3*1-5H;/t9?,10-,11?,12-,13+;;;;/m1..../s1. The van der Waals surface area contributed by atoms with Gasteiger partial charge in [-0.3, -0.25) is 0 Å². The number of methoxy groups -OCH3 is 1. The summed E-state index contributed by atoms with van der Waals surface area (Å²) in [4.78, 5) is 12.6.